The van der Waals surface area contributed by atoms with Crippen molar-refractivity contribution in [3.8, 4) is 11.1 Å². The molecule has 0 saturated carbocycles. The SMILES string of the molecule is COCCN1CC(=O)N(C(C)c2ccc(-c3ccncc3)cc2)C1=O. The van der Waals surface area contributed by atoms with Crippen molar-refractivity contribution in [2.24, 2.45) is 0 Å². The Morgan fingerprint density at radius 3 is 2.36 bits per heavy atom. The highest BCUT2D eigenvalue weighted by atomic mass is 16.5. The van der Waals surface area contributed by atoms with E-state index in [1.807, 2.05) is 43.3 Å². The summed E-state index contributed by atoms with van der Waals surface area (Å²) < 4.78 is 4.99. The number of nitrogens with zero attached hydrogens (tertiary/aromatic N) is 3. The molecule has 2 aromatic rings. The normalized spacial score (nSPS) is 15.8. The summed E-state index contributed by atoms with van der Waals surface area (Å²) in [5.41, 5.74) is 3.07. The number of imide groups is 1. The van der Waals surface area contributed by atoms with Crippen LogP contribution in [0.4, 0.5) is 4.79 Å². The van der Waals surface area contributed by atoms with Gasteiger partial charge in [0.25, 0.3) is 5.91 Å². The van der Waals surface area contributed by atoms with Crippen LogP contribution in [-0.2, 0) is 9.53 Å². The third kappa shape index (κ3) is 3.53. The molecule has 1 atom stereocenters. The summed E-state index contributed by atoms with van der Waals surface area (Å²) >= 11 is 0. The van der Waals surface area contributed by atoms with Crippen LogP contribution < -0.4 is 0 Å². The number of methoxy groups -OCH3 is 1. The topological polar surface area (TPSA) is 62.7 Å². The number of hydrogen-bond donors (Lipinski definition) is 0. The lowest BCUT2D eigenvalue weighted by Gasteiger charge is -2.23. The lowest BCUT2D eigenvalue weighted by Crippen LogP contribution is -2.36. The van der Waals surface area contributed by atoms with Crippen LogP contribution in [0.15, 0.2) is 48.8 Å². The molecule has 25 heavy (non-hydrogen) atoms. The van der Waals surface area contributed by atoms with Gasteiger partial charge >= 0.3 is 6.03 Å². The fourth-order valence-electron chi connectivity index (χ4n) is 2.97. The van der Waals surface area contributed by atoms with Gasteiger partial charge in [-0.1, -0.05) is 24.3 Å². The molecule has 1 fully saturated rings. The molecule has 0 bridgehead atoms. The third-order valence-corrected chi connectivity index (χ3v) is 4.43. The fourth-order valence-corrected chi connectivity index (χ4v) is 2.97. The van der Waals surface area contributed by atoms with E-state index in [0.717, 1.165) is 16.7 Å². The first-order valence-corrected chi connectivity index (χ1v) is 8.22. The van der Waals surface area contributed by atoms with Crippen LogP contribution >= 0.6 is 0 Å². The molecule has 1 unspecified atom stereocenters. The molecule has 2 heterocycles. The van der Waals surface area contributed by atoms with Crippen LogP contribution in [0, 0.1) is 0 Å². The molecule has 3 amide bonds. The Kier molecular flexibility index (Phi) is 5.09. The highest BCUT2D eigenvalue weighted by Gasteiger charge is 2.39. The van der Waals surface area contributed by atoms with Crippen molar-refractivity contribution >= 4 is 11.9 Å². The number of pyridine rings is 1. The van der Waals surface area contributed by atoms with Crippen LogP contribution in [0.1, 0.15) is 18.5 Å². The molecule has 0 radical (unpaired) electrons. The quantitative estimate of drug-likeness (QED) is 0.759. The Bertz CT molecular complexity index is 746. The molecular formula is C19H21N3O3. The summed E-state index contributed by atoms with van der Waals surface area (Å²) in [6.07, 6.45) is 3.50. The van der Waals surface area contributed by atoms with E-state index < -0.39 is 0 Å². The van der Waals surface area contributed by atoms with Gasteiger partial charge in [-0.3, -0.25) is 14.7 Å². The van der Waals surface area contributed by atoms with Crippen LogP contribution in [0.5, 0.6) is 0 Å². The number of carbonyl (C=O) groups excluding carboxylic acids is 2. The monoisotopic (exact) mass is 339 g/mol. The van der Waals surface area contributed by atoms with E-state index in [1.165, 1.54) is 9.80 Å². The van der Waals surface area contributed by atoms with Gasteiger partial charge in [-0.2, -0.15) is 0 Å². The number of benzene rings is 1. The van der Waals surface area contributed by atoms with Crippen molar-refractivity contribution in [1.82, 2.24) is 14.8 Å². The van der Waals surface area contributed by atoms with Gasteiger partial charge in [0.2, 0.25) is 0 Å². The first-order chi connectivity index (χ1) is 12.1. The highest BCUT2D eigenvalue weighted by Crippen LogP contribution is 2.27. The van der Waals surface area contributed by atoms with Gasteiger partial charge in [-0.25, -0.2) is 4.79 Å². The van der Waals surface area contributed by atoms with E-state index in [2.05, 4.69) is 4.98 Å². The van der Waals surface area contributed by atoms with Gasteiger partial charge < -0.3 is 9.64 Å². The van der Waals surface area contributed by atoms with E-state index >= 15 is 0 Å². The van der Waals surface area contributed by atoms with Gasteiger partial charge in [0.05, 0.1) is 12.6 Å². The van der Waals surface area contributed by atoms with Crippen molar-refractivity contribution in [3.05, 3.63) is 54.4 Å². The minimum Gasteiger partial charge on any atom is -0.383 e. The van der Waals surface area contributed by atoms with E-state index in [1.54, 1.807) is 19.5 Å². The number of carbonyl (C=O) groups is 2. The van der Waals surface area contributed by atoms with E-state index in [4.69, 9.17) is 4.74 Å². The second kappa shape index (κ2) is 7.44. The first kappa shape index (κ1) is 17.1. The van der Waals surface area contributed by atoms with Crippen LogP contribution in [-0.4, -0.2) is 53.5 Å². The molecule has 130 valence electrons. The van der Waals surface area contributed by atoms with Crippen LogP contribution in [0.3, 0.4) is 0 Å². The van der Waals surface area contributed by atoms with Gasteiger partial charge in [0, 0.05) is 26.0 Å². The number of hydrogen-bond acceptors (Lipinski definition) is 4. The summed E-state index contributed by atoms with van der Waals surface area (Å²) in [5.74, 6) is -0.174. The van der Waals surface area contributed by atoms with E-state index in [0.29, 0.717) is 13.2 Å². The van der Waals surface area contributed by atoms with Crippen molar-refractivity contribution in [1.29, 1.82) is 0 Å². The molecule has 3 rings (SSSR count). The average Bonchev–Trinajstić information content (AvgIpc) is 2.93. The highest BCUT2D eigenvalue weighted by molar-refractivity contribution is 6.02. The Hall–Kier alpha value is -2.73. The molecule has 1 saturated heterocycles. The molecule has 1 aromatic carbocycles. The van der Waals surface area contributed by atoms with Gasteiger partial charge in [-0.15, -0.1) is 0 Å². The molecule has 1 aliphatic heterocycles. The molecular weight excluding hydrogens is 318 g/mol. The number of amides is 3. The minimum atomic E-state index is -0.306. The Morgan fingerprint density at radius 1 is 1.08 bits per heavy atom. The molecule has 0 N–H and O–H groups in total. The average molecular weight is 339 g/mol. The Balaban J connectivity index is 1.75. The molecule has 1 aliphatic rings. The van der Waals surface area contributed by atoms with Crippen molar-refractivity contribution < 1.29 is 14.3 Å². The summed E-state index contributed by atoms with van der Waals surface area (Å²) in [7, 11) is 1.58. The number of aromatic nitrogens is 1. The zero-order valence-electron chi connectivity index (χ0n) is 14.4. The lowest BCUT2D eigenvalue weighted by atomic mass is 10.0. The summed E-state index contributed by atoms with van der Waals surface area (Å²) in [4.78, 5) is 31.6. The largest absolute Gasteiger partial charge is 0.383 e. The standard InChI is InChI=1S/C19H21N3O3/c1-14(22-18(23)13-21(19(22)24)11-12-25-2)15-3-5-16(6-4-15)17-7-9-20-10-8-17/h3-10,14H,11-13H2,1-2H3. The lowest BCUT2D eigenvalue weighted by molar-refractivity contribution is -0.126. The molecule has 6 nitrogen and oxygen atoms in total. The molecule has 1 aromatic heterocycles. The van der Waals surface area contributed by atoms with Gasteiger partial charge in [0.1, 0.15) is 6.54 Å². The predicted octanol–water partition coefficient (Wildman–Crippen LogP) is 2.72. The fraction of sp³-hybridized carbons (Fsp3) is 0.316. The van der Waals surface area contributed by atoms with Crippen molar-refractivity contribution in [3.63, 3.8) is 0 Å². The summed E-state index contributed by atoms with van der Waals surface area (Å²) in [6.45, 7) is 2.83. The van der Waals surface area contributed by atoms with Crippen molar-refractivity contribution in [2.45, 2.75) is 13.0 Å². The van der Waals surface area contributed by atoms with E-state index in [9.17, 15) is 9.59 Å². The summed E-state index contributed by atoms with van der Waals surface area (Å²) in [6, 6.07) is 11.2. The smallest absolute Gasteiger partial charge is 0.327 e. The number of urea groups is 1. The maximum Gasteiger partial charge on any atom is 0.327 e. The van der Waals surface area contributed by atoms with Gasteiger partial charge in [-0.05, 0) is 35.7 Å². The molecule has 0 spiro atoms. The zero-order valence-corrected chi connectivity index (χ0v) is 14.4. The molecule has 6 heteroatoms. The maximum atomic E-state index is 12.5. The zero-order chi connectivity index (χ0) is 17.8. The van der Waals surface area contributed by atoms with E-state index in [-0.39, 0.29) is 24.5 Å². The predicted molar refractivity (Wildman–Crippen MR) is 93.8 cm³/mol. The van der Waals surface area contributed by atoms with Crippen LogP contribution in [0.25, 0.3) is 11.1 Å². The minimum absolute atomic E-state index is 0.113. The van der Waals surface area contributed by atoms with Crippen LogP contribution in [0.2, 0.25) is 0 Å². The Labute approximate surface area is 147 Å². The second-order valence-corrected chi connectivity index (χ2v) is 5.99. The molecule has 0 aliphatic carbocycles. The first-order valence-electron chi connectivity index (χ1n) is 8.22. The summed E-state index contributed by atoms with van der Waals surface area (Å²) in [5, 5.41) is 0. The third-order valence-electron chi connectivity index (χ3n) is 4.43. The second-order valence-electron chi connectivity index (χ2n) is 5.99. The van der Waals surface area contributed by atoms with Gasteiger partial charge in [0.15, 0.2) is 0 Å². The number of ether oxygens (including phenoxy) is 1. The van der Waals surface area contributed by atoms with Crippen molar-refractivity contribution in [2.75, 3.05) is 26.8 Å². The Morgan fingerprint density at radius 2 is 1.72 bits per heavy atom. The maximum absolute atomic E-state index is 12.5. The number of rotatable bonds is 6.